The molecule has 1 amide bonds. The zero-order valence-electron chi connectivity index (χ0n) is 17.4. The summed E-state index contributed by atoms with van der Waals surface area (Å²) in [6, 6.07) is 10.9. The highest BCUT2D eigenvalue weighted by molar-refractivity contribution is 5.98. The van der Waals surface area contributed by atoms with Crippen molar-refractivity contribution in [3.8, 4) is 0 Å². The normalized spacial score (nSPS) is 20.6. The average Bonchev–Trinajstić information content (AvgIpc) is 3.17. The van der Waals surface area contributed by atoms with Crippen LogP contribution in [0.25, 0.3) is 10.9 Å². The van der Waals surface area contributed by atoms with Gasteiger partial charge in [0, 0.05) is 30.0 Å². The Bertz CT molecular complexity index is 752. The molecule has 2 saturated heterocycles. The Hall–Kier alpha value is -1.85. The topological polar surface area (TPSA) is 42.6 Å². The van der Waals surface area contributed by atoms with Gasteiger partial charge in [0.15, 0.2) is 0 Å². The standard InChI is InChI=1S/C23H34N4O/c1-3-26(23(28)22-16-19-6-4-5-7-21(19)24-22)17-18-8-14-27(15-9-18)20-10-12-25(2)13-11-20/h4-7,16,18,20,24H,3,8-15,17H2,1-2H3. The van der Waals surface area contributed by atoms with Gasteiger partial charge in [-0.15, -0.1) is 0 Å². The lowest BCUT2D eigenvalue weighted by molar-refractivity contribution is 0.0608. The quantitative estimate of drug-likeness (QED) is 0.861. The molecule has 152 valence electrons. The summed E-state index contributed by atoms with van der Waals surface area (Å²) < 4.78 is 0. The van der Waals surface area contributed by atoms with E-state index in [2.05, 4.69) is 34.8 Å². The molecule has 5 nitrogen and oxygen atoms in total. The van der Waals surface area contributed by atoms with E-state index in [9.17, 15) is 4.79 Å². The second-order valence-electron chi connectivity index (χ2n) is 8.63. The van der Waals surface area contributed by atoms with Gasteiger partial charge < -0.3 is 19.7 Å². The van der Waals surface area contributed by atoms with Crippen LogP contribution in [0, 0.1) is 5.92 Å². The number of hydrogen-bond donors (Lipinski definition) is 1. The number of nitrogens with zero attached hydrogens (tertiary/aromatic N) is 3. The minimum absolute atomic E-state index is 0.136. The zero-order valence-corrected chi connectivity index (χ0v) is 17.4. The van der Waals surface area contributed by atoms with Gasteiger partial charge in [0.05, 0.1) is 0 Å². The van der Waals surface area contributed by atoms with Crippen molar-refractivity contribution in [2.45, 2.75) is 38.6 Å². The lowest BCUT2D eigenvalue weighted by Crippen LogP contribution is -2.48. The van der Waals surface area contributed by atoms with E-state index in [0.29, 0.717) is 11.6 Å². The zero-order chi connectivity index (χ0) is 19.5. The van der Waals surface area contributed by atoms with Crippen LogP contribution in [0.5, 0.6) is 0 Å². The van der Waals surface area contributed by atoms with Crippen molar-refractivity contribution in [2.24, 2.45) is 5.92 Å². The molecule has 0 saturated carbocycles. The minimum Gasteiger partial charge on any atom is -0.351 e. The number of rotatable bonds is 5. The summed E-state index contributed by atoms with van der Waals surface area (Å²) in [5, 5.41) is 1.10. The van der Waals surface area contributed by atoms with E-state index >= 15 is 0 Å². The average molecular weight is 383 g/mol. The van der Waals surface area contributed by atoms with Crippen LogP contribution >= 0.6 is 0 Å². The van der Waals surface area contributed by atoms with E-state index in [1.807, 2.05) is 29.2 Å². The molecule has 1 aromatic heterocycles. The molecule has 28 heavy (non-hydrogen) atoms. The lowest BCUT2D eigenvalue weighted by Gasteiger charge is -2.41. The van der Waals surface area contributed by atoms with Gasteiger partial charge in [0.2, 0.25) is 0 Å². The summed E-state index contributed by atoms with van der Waals surface area (Å²) in [4.78, 5) is 23.5. The van der Waals surface area contributed by atoms with Crippen molar-refractivity contribution < 1.29 is 4.79 Å². The number of H-pyrrole nitrogens is 1. The van der Waals surface area contributed by atoms with Crippen LogP contribution < -0.4 is 0 Å². The van der Waals surface area contributed by atoms with Crippen molar-refractivity contribution in [3.63, 3.8) is 0 Å². The predicted molar refractivity (Wildman–Crippen MR) is 115 cm³/mol. The number of piperidine rings is 2. The number of fused-ring (bicyclic) bond motifs is 1. The fourth-order valence-corrected chi connectivity index (χ4v) is 4.89. The van der Waals surface area contributed by atoms with E-state index in [1.54, 1.807) is 0 Å². The number of para-hydroxylation sites is 1. The highest BCUT2D eigenvalue weighted by Gasteiger charge is 2.29. The molecule has 2 fully saturated rings. The Morgan fingerprint density at radius 3 is 2.50 bits per heavy atom. The number of hydrogen-bond acceptors (Lipinski definition) is 3. The number of amides is 1. The maximum Gasteiger partial charge on any atom is 0.270 e. The number of carbonyl (C=O) groups excluding carboxylic acids is 1. The van der Waals surface area contributed by atoms with Gasteiger partial charge in [0.25, 0.3) is 5.91 Å². The molecule has 1 aromatic carbocycles. The Kier molecular flexibility index (Phi) is 6.02. The Morgan fingerprint density at radius 1 is 1.11 bits per heavy atom. The molecule has 3 heterocycles. The predicted octanol–water partition coefficient (Wildman–Crippen LogP) is 3.44. The number of likely N-dealkylation sites (tertiary alicyclic amines) is 2. The Morgan fingerprint density at radius 2 is 1.82 bits per heavy atom. The monoisotopic (exact) mass is 382 g/mol. The summed E-state index contributed by atoms with van der Waals surface area (Å²) >= 11 is 0. The van der Waals surface area contributed by atoms with E-state index in [4.69, 9.17) is 0 Å². The molecular formula is C23H34N4O. The largest absolute Gasteiger partial charge is 0.351 e. The first kappa shape index (κ1) is 19.5. The third-order valence-corrected chi connectivity index (χ3v) is 6.76. The fraction of sp³-hybridized carbons (Fsp3) is 0.609. The highest BCUT2D eigenvalue weighted by atomic mass is 16.2. The first-order valence-electron chi connectivity index (χ1n) is 10.9. The summed E-state index contributed by atoms with van der Waals surface area (Å²) in [6.45, 7) is 8.58. The number of aromatic amines is 1. The maximum absolute atomic E-state index is 13.0. The highest BCUT2D eigenvalue weighted by Crippen LogP contribution is 2.25. The molecule has 0 spiro atoms. The van der Waals surface area contributed by atoms with Crippen molar-refractivity contribution in [1.29, 1.82) is 0 Å². The van der Waals surface area contributed by atoms with Crippen molar-refractivity contribution in [1.82, 2.24) is 19.7 Å². The summed E-state index contributed by atoms with van der Waals surface area (Å²) in [5.74, 6) is 0.757. The van der Waals surface area contributed by atoms with Gasteiger partial charge in [-0.3, -0.25) is 4.79 Å². The summed E-state index contributed by atoms with van der Waals surface area (Å²) in [6.07, 6.45) is 5.04. The molecular weight excluding hydrogens is 348 g/mol. The Labute approximate surface area is 168 Å². The van der Waals surface area contributed by atoms with Gasteiger partial charge in [-0.25, -0.2) is 0 Å². The maximum atomic E-state index is 13.0. The molecule has 1 N–H and O–H groups in total. The molecule has 0 bridgehead atoms. The molecule has 2 aromatic rings. The van der Waals surface area contributed by atoms with Gasteiger partial charge in [-0.05, 0) is 83.9 Å². The second kappa shape index (κ2) is 8.66. The van der Waals surface area contributed by atoms with Crippen LogP contribution in [0.1, 0.15) is 43.1 Å². The van der Waals surface area contributed by atoms with Crippen LogP contribution in [0.4, 0.5) is 0 Å². The van der Waals surface area contributed by atoms with Gasteiger partial charge >= 0.3 is 0 Å². The number of benzene rings is 1. The molecule has 4 rings (SSSR count). The SMILES string of the molecule is CCN(CC1CCN(C2CCN(C)CC2)CC1)C(=O)c1cc2ccccc2[nH]1. The van der Waals surface area contributed by atoms with E-state index < -0.39 is 0 Å². The van der Waals surface area contributed by atoms with Crippen LogP contribution in [-0.4, -0.2) is 77.9 Å². The number of aromatic nitrogens is 1. The van der Waals surface area contributed by atoms with Crippen LogP contribution in [0.15, 0.2) is 30.3 Å². The van der Waals surface area contributed by atoms with Gasteiger partial charge in [0.1, 0.15) is 5.69 Å². The molecule has 5 heteroatoms. The third kappa shape index (κ3) is 4.26. The third-order valence-electron chi connectivity index (χ3n) is 6.76. The van der Waals surface area contributed by atoms with Crippen molar-refractivity contribution >= 4 is 16.8 Å². The van der Waals surface area contributed by atoms with Gasteiger partial charge in [-0.1, -0.05) is 18.2 Å². The molecule has 0 aliphatic carbocycles. The summed E-state index contributed by atoms with van der Waals surface area (Å²) in [7, 11) is 2.23. The molecule has 2 aliphatic heterocycles. The molecule has 0 radical (unpaired) electrons. The van der Waals surface area contributed by atoms with Crippen molar-refractivity contribution in [2.75, 3.05) is 46.3 Å². The van der Waals surface area contributed by atoms with E-state index in [0.717, 1.165) is 30.0 Å². The van der Waals surface area contributed by atoms with Crippen LogP contribution in [0.2, 0.25) is 0 Å². The van der Waals surface area contributed by atoms with Crippen LogP contribution in [0.3, 0.4) is 0 Å². The second-order valence-corrected chi connectivity index (χ2v) is 8.63. The molecule has 0 atom stereocenters. The molecule has 2 aliphatic rings. The number of nitrogens with one attached hydrogen (secondary N) is 1. The van der Waals surface area contributed by atoms with E-state index in [-0.39, 0.29) is 5.91 Å². The fourth-order valence-electron chi connectivity index (χ4n) is 4.89. The van der Waals surface area contributed by atoms with Crippen molar-refractivity contribution in [3.05, 3.63) is 36.0 Å². The first-order valence-corrected chi connectivity index (χ1v) is 10.9. The van der Waals surface area contributed by atoms with E-state index in [1.165, 1.54) is 51.9 Å². The van der Waals surface area contributed by atoms with Crippen LogP contribution in [-0.2, 0) is 0 Å². The Balaban J connectivity index is 1.32. The lowest BCUT2D eigenvalue weighted by atomic mass is 9.93. The minimum atomic E-state index is 0.136. The summed E-state index contributed by atoms with van der Waals surface area (Å²) in [5.41, 5.74) is 1.75. The smallest absolute Gasteiger partial charge is 0.270 e. The van der Waals surface area contributed by atoms with Gasteiger partial charge in [-0.2, -0.15) is 0 Å². The number of carbonyl (C=O) groups is 1. The first-order chi connectivity index (χ1) is 13.6. The molecule has 0 unspecified atom stereocenters.